The van der Waals surface area contributed by atoms with Crippen molar-refractivity contribution in [3.8, 4) is 5.75 Å². The molecule has 7 nitrogen and oxygen atoms in total. The van der Waals surface area contributed by atoms with E-state index < -0.39 is 0 Å². The fourth-order valence-electron chi connectivity index (χ4n) is 3.75. The van der Waals surface area contributed by atoms with E-state index in [0.717, 1.165) is 44.2 Å². The summed E-state index contributed by atoms with van der Waals surface area (Å²) in [5, 5.41) is 0. The highest BCUT2D eigenvalue weighted by Gasteiger charge is 2.24. The van der Waals surface area contributed by atoms with Crippen molar-refractivity contribution in [3.05, 3.63) is 29.8 Å². The van der Waals surface area contributed by atoms with Crippen LogP contribution in [-0.4, -0.2) is 92.7 Å². The molecule has 2 heterocycles. The van der Waals surface area contributed by atoms with Crippen LogP contribution >= 0.6 is 0 Å². The van der Waals surface area contributed by atoms with Crippen molar-refractivity contribution in [3.63, 3.8) is 0 Å². The van der Waals surface area contributed by atoms with Crippen LogP contribution in [0.1, 0.15) is 18.4 Å². The third-order valence-corrected chi connectivity index (χ3v) is 5.53. The maximum absolute atomic E-state index is 12.5. The second-order valence-corrected chi connectivity index (χ2v) is 7.28. The van der Waals surface area contributed by atoms with E-state index in [1.54, 1.807) is 7.11 Å². The number of ether oxygens (including phenoxy) is 2. The van der Waals surface area contributed by atoms with E-state index in [9.17, 15) is 9.59 Å². The number of piperazine rings is 1. The van der Waals surface area contributed by atoms with E-state index in [1.807, 2.05) is 34.1 Å². The minimum Gasteiger partial charge on any atom is -0.496 e. The maximum atomic E-state index is 12.5. The molecule has 0 saturated carbocycles. The van der Waals surface area contributed by atoms with E-state index in [4.69, 9.17) is 9.47 Å². The highest BCUT2D eigenvalue weighted by atomic mass is 16.5. The molecule has 0 radical (unpaired) electrons. The minimum atomic E-state index is 0.145. The second-order valence-electron chi connectivity index (χ2n) is 7.28. The van der Waals surface area contributed by atoms with Gasteiger partial charge < -0.3 is 19.3 Å². The van der Waals surface area contributed by atoms with Crippen LogP contribution in [0.15, 0.2) is 24.3 Å². The van der Waals surface area contributed by atoms with Gasteiger partial charge in [0, 0.05) is 58.7 Å². The lowest BCUT2D eigenvalue weighted by molar-refractivity contribution is -0.139. The highest BCUT2D eigenvalue weighted by Crippen LogP contribution is 2.19. The van der Waals surface area contributed by atoms with Crippen molar-refractivity contribution in [2.24, 2.45) is 0 Å². The number of para-hydroxylation sites is 1. The molecule has 154 valence electrons. The van der Waals surface area contributed by atoms with E-state index in [2.05, 4.69) is 4.90 Å². The summed E-state index contributed by atoms with van der Waals surface area (Å²) >= 11 is 0. The average Bonchev–Trinajstić information content (AvgIpc) is 2.76. The van der Waals surface area contributed by atoms with Gasteiger partial charge in [-0.25, -0.2) is 0 Å². The molecule has 1 aromatic rings. The molecule has 0 aromatic heterocycles. The highest BCUT2D eigenvalue weighted by molar-refractivity contribution is 5.78. The number of methoxy groups -OCH3 is 1. The Labute approximate surface area is 167 Å². The van der Waals surface area contributed by atoms with Crippen LogP contribution in [0.25, 0.3) is 0 Å². The number of morpholine rings is 1. The Bertz CT molecular complexity index is 653. The van der Waals surface area contributed by atoms with Gasteiger partial charge in [0.15, 0.2) is 0 Å². The first-order valence-corrected chi connectivity index (χ1v) is 10.1. The first-order valence-electron chi connectivity index (χ1n) is 10.1. The lowest BCUT2D eigenvalue weighted by Crippen LogP contribution is -2.51. The number of hydrogen-bond donors (Lipinski definition) is 0. The quantitative estimate of drug-likeness (QED) is 0.697. The lowest BCUT2D eigenvalue weighted by Gasteiger charge is -2.35. The molecule has 0 spiro atoms. The summed E-state index contributed by atoms with van der Waals surface area (Å²) in [5.41, 5.74) is 1.05. The van der Waals surface area contributed by atoms with Gasteiger partial charge in [-0.15, -0.1) is 0 Å². The molecular formula is C21H31N3O4. The number of aryl methyl sites for hydroxylation is 1. The van der Waals surface area contributed by atoms with Crippen LogP contribution in [-0.2, 0) is 20.7 Å². The zero-order chi connectivity index (χ0) is 19.8. The lowest BCUT2D eigenvalue weighted by atomic mass is 10.1. The topological polar surface area (TPSA) is 62.3 Å². The molecule has 0 bridgehead atoms. The molecule has 2 amide bonds. The molecule has 0 aliphatic carbocycles. The average molecular weight is 389 g/mol. The Hall–Kier alpha value is -2.12. The largest absolute Gasteiger partial charge is 0.496 e. The second kappa shape index (κ2) is 10.4. The van der Waals surface area contributed by atoms with Crippen LogP contribution in [0.4, 0.5) is 0 Å². The van der Waals surface area contributed by atoms with E-state index >= 15 is 0 Å². The molecule has 0 N–H and O–H groups in total. The maximum Gasteiger partial charge on any atom is 0.223 e. The van der Waals surface area contributed by atoms with Crippen molar-refractivity contribution >= 4 is 11.8 Å². The first-order chi connectivity index (χ1) is 13.7. The number of benzene rings is 1. The van der Waals surface area contributed by atoms with Crippen LogP contribution < -0.4 is 4.74 Å². The Morgan fingerprint density at radius 3 is 2.18 bits per heavy atom. The number of amides is 2. The zero-order valence-electron chi connectivity index (χ0n) is 16.8. The van der Waals surface area contributed by atoms with Gasteiger partial charge in [0.1, 0.15) is 5.75 Å². The smallest absolute Gasteiger partial charge is 0.223 e. The number of rotatable bonds is 7. The van der Waals surface area contributed by atoms with Crippen LogP contribution in [0, 0.1) is 0 Å². The van der Waals surface area contributed by atoms with Crippen molar-refractivity contribution in [1.82, 2.24) is 14.7 Å². The Kier molecular flexibility index (Phi) is 7.68. The number of hydrogen-bond acceptors (Lipinski definition) is 5. The molecule has 2 fully saturated rings. The number of nitrogens with zero attached hydrogens (tertiary/aromatic N) is 3. The summed E-state index contributed by atoms with van der Waals surface area (Å²) in [6, 6.07) is 7.81. The predicted octanol–water partition coefficient (Wildman–Crippen LogP) is 1.02. The molecule has 28 heavy (non-hydrogen) atoms. The van der Waals surface area contributed by atoms with Crippen LogP contribution in [0.2, 0.25) is 0 Å². The summed E-state index contributed by atoms with van der Waals surface area (Å²) < 4.78 is 10.7. The minimum absolute atomic E-state index is 0.145. The van der Waals surface area contributed by atoms with Crippen molar-refractivity contribution in [1.29, 1.82) is 0 Å². The van der Waals surface area contributed by atoms with Gasteiger partial charge in [0.25, 0.3) is 0 Å². The van der Waals surface area contributed by atoms with Crippen molar-refractivity contribution in [2.75, 3.05) is 66.1 Å². The van der Waals surface area contributed by atoms with Crippen LogP contribution in [0.3, 0.4) is 0 Å². The van der Waals surface area contributed by atoms with E-state index in [1.165, 1.54) is 0 Å². The molecule has 0 unspecified atom stereocenters. The number of carbonyl (C=O) groups excluding carboxylic acids is 2. The molecule has 2 saturated heterocycles. The van der Waals surface area contributed by atoms with Crippen molar-refractivity contribution in [2.45, 2.75) is 19.3 Å². The van der Waals surface area contributed by atoms with Gasteiger partial charge in [0.2, 0.25) is 11.8 Å². The molecule has 2 aliphatic rings. The normalized spacial score (nSPS) is 18.2. The summed E-state index contributed by atoms with van der Waals surface area (Å²) in [6.07, 6.45) is 1.68. The third-order valence-electron chi connectivity index (χ3n) is 5.53. The standard InChI is InChI=1S/C21H31N3O4/c1-27-19-5-3-2-4-18(19)6-7-20(25)23-10-12-24(13-11-23)21(26)8-9-22-14-16-28-17-15-22/h2-5H,6-17H2,1H3. The molecule has 1 aromatic carbocycles. The van der Waals surface area contributed by atoms with Crippen molar-refractivity contribution < 1.29 is 19.1 Å². The fraction of sp³-hybridized carbons (Fsp3) is 0.619. The first kappa shape index (κ1) is 20.6. The molecule has 2 aliphatic heterocycles. The molecule has 0 atom stereocenters. The molecule has 3 rings (SSSR count). The monoisotopic (exact) mass is 389 g/mol. The predicted molar refractivity (Wildman–Crippen MR) is 106 cm³/mol. The summed E-state index contributed by atoms with van der Waals surface area (Å²) in [7, 11) is 1.65. The van der Waals surface area contributed by atoms with Crippen LogP contribution in [0.5, 0.6) is 5.75 Å². The molecule has 7 heteroatoms. The van der Waals surface area contributed by atoms with E-state index in [-0.39, 0.29) is 11.8 Å². The van der Waals surface area contributed by atoms with Gasteiger partial charge in [-0.05, 0) is 18.1 Å². The van der Waals surface area contributed by atoms with E-state index in [0.29, 0.717) is 45.4 Å². The van der Waals surface area contributed by atoms with Gasteiger partial charge in [-0.2, -0.15) is 0 Å². The SMILES string of the molecule is COc1ccccc1CCC(=O)N1CCN(C(=O)CCN2CCOCC2)CC1. The summed E-state index contributed by atoms with van der Waals surface area (Å²) in [5.74, 6) is 1.16. The molecular weight excluding hydrogens is 358 g/mol. The summed E-state index contributed by atoms with van der Waals surface area (Å²) in [6.45, 7) is 6.60. The third kappa shape index (κ3) is 5.69. The van der Waals surface area contributed by atoms with Gasteiger partial charge >= 0.3 is 0 Å². The van der Waals surface area contributed by atoms with Gasteiger partial charge in [0.05, 0.1) is 20.3 Å². The zero-order valence-corrected chi connectivity index (χ0v) is 16.8. The summed E-state index contributed by atoms with van der Waals surface area (Å²) in [4.78, 5) is 31.0. The fourth-order valence-corrected chi connectivity index (χ4v) is 3.75. The Balaban J connectivity index is 1.38. The number of carbonyl (C=O) groups is 2. The Morgan fingerprint density at radius 2 is 1.54 bits per heavy atom. The van der Waals surface area contributed by atoms with Gasteiger partial charge in [-0.3, -0.25) is 14.5 Å². The van der Waals surface area contributed by atoms with Gasteiger partial charge in [-0.1, -0.05) is 18.2 Å². The Morgan fingerprint density at radius 1 is 0.929 bits per heavy atom.